The fourth-order valence-electron chi connectivity index (χ4n) is 2.87. The Labute approximate surface area is 118 Å². The van der Waals surface area contributed by atoms with Crippen LogP contribution in [0.5, 0.6) is 0 Å². The number of ether oxygens (including phenoxy) is 1. The van der Waals surface area contributed by atoms with Gasteiger partial charge in [0, 0.05) is 31.1 Å². The average Bonchev–Trinajstić information content (AvgIpc) is 2.39. The number of hydrogen-bond acceptors (Lipinski definition) is 3. The van der Waals surface area contributed by atoms with Gasteiger partial charge in [-0.3, -0.25) is 0 Å². The average molecular weight is 340 g/mol. The van der Waals surface area contributed by atoms with Gasteiger partial charge in [-0.2, -0.15) is 0 Å². The third-order valence-corrected chi connectivity index (χ3v) is 7.56. The molecule has 1 aliphatic heterocycles. The topological polar surface area (TPSA) is 46.6 Å². The largest absolute Gasteiger partial charge is 0.381 e. The third kappa shape index (κ3) is 3.08. The first-order chi connectivity index (χ1) is 8.53. The zero-order valence-corrected chi connectivity index (χ0v) is 13.2. The Kier molecular flexibility index (Phi) is 5.08. The SMILES string of the molecule is CN(C1CCCCC1Br)S(=O)(=O)C1CCOCC1. The van der Waals surface area contributed by atoms with E-state index in [9.17, 15) is 8.42 Å². The summed E-state index contributed by atoms with van der Waals surface area (Å²) in [5, 5.41) is -0.252. The summed E-state index contributed by atoms with van der Waals surface area (Å²) >= 11 is 3.64. The minimum atomic E-state index is -3.17. The van der Waals surface area contributed by atoms with Crippen molar-refractivity contribution in [2.24, 2.45) is 0 Å². The maximum absolute atomic E-state index is 12.6. The van der Waals surface area contributed by atoms with E-state index in [1.807, 2.05) is 0 Å². The number of sulfonamides is 1. The van der Waals surface area contributed by atoms with E-state index in [0.29, 0.717) is 30.9 Å². The molecule has 2 aliphatic rings. The van der Waals surface area contributed by atoms with E-state index >= 15 is 0 Å². The molecule has 0 radical (unpaired) electrons. The van der Waals surface area contributed by atoms with E-state index < -0.39 is 10.0 Å². The Morgan fingerprint density at radius 1 is 1.11 bits per heavy atom. The molecule has 2 rings (SSSR count). The van der Waals surface area contributed by atoms with Crippen molar-refractivity contribution < 1.29 is 13.2 Å². The molecule has 2 unspecified atom stereocenters. The van der Waals surface area contributed by atoms with Crippen LogP contribution in [-0.2, 0) is 14.8 Å². The monoisotopic (exact) mass is 339 g/mol. The highest BCUT2D eigenvalue weighted by Gasteiger charge is 2.38. The van der Waals surface area contributed by atoms with Crippen LogP contribution in [0.1, 0.15) is 38.5 Å². The molecule has 0 aromatic heterocycles. The minimum Gasteiger partial charge on any atom is -0.381 e. The molecule has 106 valence electrons. The van der Waals surface area contributed by atoms with Gasteiger partial charge in [-0.05, 0) is 25.7 Å². The van der Waals surface area contributed by atoms with E-state index in [1.165, 1.54) is 6.42 Å². The maximum atomic E-state index is 12.6. The van der Waals surface area contributed by atoms with Crippen LogP contribution in [0.3, 0.4) is 0 Å². The van der Waals surface area contributed by atoms with Gasteiger partial charge in [0.1, 0.15) is 0 Å². The predicted molar refractivity (Wildman–Crippen MR) is 75.5 cm³/mol. The zero-order valence-electron chi connectivity index (χ0n) is 10.8. The highest BCUT2D eigenvalue weighted by Crippen LogP contribution is 2.31. The highest BCUT2D eigenvalue weighted by atomic mass is 79.9. The number of halogens is 1. The molecule has 18 heavy (non-hydrogen) atoms. The second kappa shape index (κ2) is 6.20. The smallest absolute Gasteiger partial charge is 0.217 e. The molecule has 1 heterocycles. The summed E-state index contributed by atoms with van der Waals surface area (Å²) in [4.78, 5) is 0.297. The number of alkyl halides is 1. The number of nitrogens with zero attached hydrogens (tertiary/aromatic N) is 1. The fourth-order valence-corrected chi connectivity index (χ4v) is 5.86. The van der Waals surface area contributed by atoms with Crippen molar-refractivity contribution in [1.82, 2.24) is 4.31 Å². The zero-order chi connectivity index (χ0) is 13.2. The minimum absolute atomic E-state index is 0.117. The van der Waals surface area contributed by atoms with Gasteiger partial charge in [-0.25, -0.2) is 12.7 Å². The lowest BCUT2D eigenvalue weighted by Gasteiger charge is -2.37. The summed E-state index contributed by atoms with van der Waals surface area (Å²) in [7, 11) is -1.43. The van der Waals surface area contributed by atoms with Gasteiger partial charge >= 0.3 is 0 Å². The first kappa shape index (κ1) is 14.8. The molecule has 1 aliphatic carbocycles. The van der Waals surface area contributed by atoms with Crippen LogP contribution in [0.2, 0.25) is 0 Å². The van der Waals surface area contributed by atoms with E-state index in [0.717, 1.165) is 19.3 Å². The third-order valence-electron chi connectivity index (χ3n) is 4.11. The van der Waals surface area contributed by atoms with Crippen LogP contribution >= 0.6 is 15.9 Å². The molecule has 0 N–H and O–H groups in total. The fraction of sp³-hybridized carbons (Fsp3) is 1.00. The van der Waals surface area contributed by atoms with Crippen molar-refractivity contribution in [2.45, 2.75) is 54.6 Å². The number of rotatable bonds is 3. The van der Waals surface area contributed by atoms with Gasteiger partial charge in [0.05, 0.1) is 5.25 Å². The van der Waals surface area contributed by atoms with Gasteiger partial charge < -0.3 is 4.74 Å². The molecule has 1 saturated heterocycles. The van der Waals surface area contributed by atoms with Crippen molar-refractivity contribution in [2.75, 3.05) is 20.3 Å². The predicted octanol–water partition coefficient (Wildman–Crippen LogP) is 2.13. The van der Waals surface area contributed by atoms with Gasteiger partial charge in [0.15, 0.2) is 0 Å². The molecule has 2 atom stereocenters. The van der Waals surface area contributed by atoms with Crippen LogP contribution in [0.4, 0.5) is 0 Å². The normalized spacial score (nSPS) is 31.7. The summed E-state index contributed by atoms with van der Waals surface area (Å²) in [6.07, 6.45) is 5.61. The van der Waals surface area contributed by atoms with Crippen molar-refractivity contribution in [3.05, 3.63) is 0 Å². The molecule has 6 heteroatoms. The molecular weight excluding hydrogens is 318 g/mol. The molecule has 0 aromatic carbocycles. The second-order valence-corrected chi connectivity index (χ2v) is 8.69. The van der Waals surface area contributed by atoms with Crippen LogP contribution in [-0.4, -0.2) is 49.1 Å². The molecule has 0 bridgehead atoms. The first-order valence-corrected chi connectivity index (χ1v) is 9.14. The summed E-state index contributed by atoms with van der Waals surface area (Å²) < 4.78 is 32.0. The number of hydrogen-bond donors (Lipinski definition) is 0. The molecular formula is C12H22BrNO3S. The molecule has 0 spiro atoms. The molecule has 0 aromatic rings. The standard InChI is InChI=1S/C12H22BrNO3S/c1-14(12-5-3-2-4-11(12)13)18(15,16)10-6-8-17-9-7-10/h10-12H,2-9H2,1H3. The Hall–Kier alpha value is 0.350. The van der Waals surface area contributed by atoms with Crippen molar-refractivity contribution in [3.8, 4) is 0 Å². The van der Waals surface area contributed by atoms with Crippen molar-refractivity contribution >= 4 is 26.0 Å². The lowest BCUT2D eigenvalue weighted by molar-refractivity contribution is 0.0969. The highest BCUT2D eigenvalue weighted by molar-refractivity contribution is 9.09. The molecule has 1 saturated carbocycles. The van der Waals surface area contributed by atoms with E-state index in [1.54, 1.807) is 11.4 Å². The van der Waals surface area contributed by atoms with Crippen LogP contribution < -0.4 is 0 Å². The Morgan fingerprint density at radius 3 is 2.33 bits per heavy atom. The van der Waals surface area contributed by atoms with E-state index in [-0.39, 0.29) is 11.3 Å². The maximum Gasteiger partial charge on any atom is 0.217 e. The van der Waals surface area contributed by atoms with Gasteiger partial charge in [0.25, 0.3) is 0 Å². The summed E-state index contributed by atoms with van der Waals surface area (Å²) in [5.41, 5.74) is 0. The van der Waals surface area contributed by atoms with Crippen LogP contribution in [0.15, 0.2) is 0 Å². The van der Waals surface area contributed by atoms with Crippen LogP contribution in [0, 0.1) is 0 Å². The van der Waals surface area contributed by atoms with Gasteiger partial charge in [0.2, 0.25) is 10.0 Å². The molecule has 2 fully saturated rings. The quantitative estimate of drug-likeness (QED) is 0.740. The van der Waals surface area contributed by atoms with E-state index in [4.69, 9.17) is 4.74 Å². The van der Waals surface area contributed by atoms with E-state index in [2.05, 4.69) is 15.9 Å². The lowest BCUT2D eigenvalue weighted by atomic mass is 9.96. The Balaban J connectivity index is 2.07. The lowest BCUT2D eigenvalue weighted by Crippen LogP contribution is -2.48. The summed E-state index contributed by atoms with van der Waals surface area (Å²) in [6.45, 7) is 1.14. The molecule has 4 nitrogen and oxygen atoms in total. The van der Waals surface area contributed by atoms with Crippen LogP contribution in [0.25, 0.3) is 0 Å². The summed E-state index contributed by atoms with van der Waals surface area (Å²) in [5.74, 6) is 0. The Bertz CT molecular complexity index is 368. The Morgan fingerprint density at radius 2 is 1.72 bits per heavy atom. The summed E-state index contributed by atoms with van der Waals surface area (Å²) in [6, 6.07) is 0.117. The molecule has 0 amide bonds. The van der Waals surface area contributed by atoms with Gasteiger partial charge in [-0.1, -0.05) is 28.8 Å². The van der Waals surface area contributed by atoms with Crippen molar-refractivity contribution in [3.63, 3.8) is 0 Å². The second-order valence-electron chi connectivity index (χ2n) is 5.24. The van der Waals surface area contributed by atoms with Gasteiger partial charge in [-0.15, -0.1) is 0 Å². The van der Waals surface area contributed by atoms with Crippen molar-refractivity contribution in [1.29, 1.82) is 0 Å². The first-order valence-electron chi connectivity index (χ1n) is 6.72.